The van der Waals surface area contributed by atoms with Crippen LogP contribution in [0, 0.1) is 5.92 Å². The summed E-state index contributed by atoms with van der Waals surface area (Å²) in [6, 6.07) is 6.07. The van der Waals surface area contributed by atoms with E-state index in [1.807, 2.05) is 24.0 Å². The third-order valence-electron chi connectivity index (χ3n) is 4.98. The van der Waals surface area contributed by atoms with Gasteiger partial charge in [-0.15, -0.1) is 0 Å². The van der Waals surface area contributed by atoms with Gasteiger partial charge in [0.1, 0.15) is 5.75 Å². The van der Waals surface area contributed by atoms with Crippen molar-refractivity contribution in [3.05, 3.63) is 18.2 Å². The van der Waals surface area contributed by atoms with E-state index in [4.69, 9.17) is 9.72 Å². The van der Waals surface area contributed by atoms with Crippen molar-refractivity contribution in [1.82, 2.24) is 9.88 Å². The van der Waals surface area contributed by atoms with E-state index in [0.717, 1.165) is 60.1 Å². The topological polar surface area (TPSA) is 45.7 Å². The van der Waals surface area contributed by atoms with Gasteiger partial charge in [0.05, 0.1) is 16.8 Å². The fourth-order valence-electron chi connectivity index (χ4n) is 3.32. The fourth-order valence-corrected chi connectivity index (χ4v) is 4.36. The number of piperazine rings is 1. The molecule has 1 aromatic heterocycles. The molecule has 0 unspecified atom stereocenters. The monoisotopic (exact) mass is 345 g/mol. The van der Waals surface area contributed by atoms with E-state index in [-0.39, 0.29) is 0 Å². The molecule has 2 aliphatic rings. The molecule has 1 amide bonds. The number of benzene rings is 1. The van der Waals surface area contributed by atoms with Crippen molar-refractivity contribution < 1.29 is 9.53 Å². The normalized spacial score (nSPS) is 18.7. The summed E-state index contributed by atoms with van der Waals surface area (Å²) in [5.74, 6) is 1.57. The van der Waals surface area contributed by atoms with E-state index in [1.165, 1.54) is 6.42 Å². The first kappa shape index (κ1) is 15.7. The largest absolute Gasteiger partial charge is 0.494 e. The van der Waals surface area contributed by atoms with Crippen LogP contribution in [0.25, 0.3) is 10.2 Å². The number of carbonyl (C=O) groups excluding carboxylic acids is 1. The molecule has 128 valence electrons. The average Bonchev–Trinajstić information content (AvgIpc) is 2.97. The summed E-state index contributed by atoms with van der Waals surface area (Å²) in [6.07, 6.45) is 3.38. The Morgan fingerprint density at radius 3 is 2.75 bits per heavy atom. The molecule has 4 rings (SSSR count). The third kappa shape index (κ3) is 2.95. The maximum absolute atomic E-state index is 12.3. The lowest BCUT2D eigenvalue weighted by atomic mass is 9.84. The summed E-state index contributed by atoms with van der Waals surface area (Å²) >= 11 is 1.71. The van der Waals surface area contributed by atoms with E-state index < -0.39 is 0 Å². The first-order chi connectivity index (χ1) is 11.7. The lowest BCUT2D eigenvalue weighted by Gasteiger charge is -2.38. The lowest BCUT2D eigenvalue weighted by molar-refractivity contribution is -0.138. The van der Waals surface area contributed by atoms with Gasteiger partial charge in [0.25, 0.3) is 0 Å². The highest BCUT2D eigenvalue weighted by Crippen LogP contribution is 2.33. The molecule has 1 aliphatic carbocycles. The Bertz CT molecular complexity index is 733. The van der Waals surface area contributed by atoms with E-state index in [0.29, 0.717) is 18.4 Å². The molecule has 2 aromatic rings. The standard InChI is InChI=1S/C18H23N3O2S/c1-2-23-14-6-7-15-16(12-14)24-18(19-15)21-10-8-20(9-11-21)17(22)13-4-3-5-13/h6-7,12-13H,2-5,8-11H2,1H3. The van der Waals surface area contributed by atoms with E-state index in [1.54, 1.807) is 11.3 Å². The molecule has 0 atom stereocenters. The van der Waals surface area contributed by atoms with E-state index in [9.17, 15) is 4.79 Å². The average molecular weight is 345 g/mol. The SMILES string of the molecule is CCOc1ccc2nc(N3CCN(C(=O)C4CCC4)CC3)sc2c1. The number of fused-ring (bicyclic) bond motifs is 1. The molecule has 0 spiro atoms. The summed E-state index contributed by atoms with van der Waals surface area (Å²) in [7, 11) is 0. The highest BCUT2D eigenvalue weighted by atomic mass is 32.1. The molecule has 1 saturated carbocycles. The second kappa shape index (κ2) is 6.59. The Labute approximate surface area is 146 Å². The second-order valence-corrected chi connectivity index (χ2v) is 7.51. The quantitative estimate of drug-likeness (QED) is 0.854. The Balaban J connectivity index is 1.43. The van der Waals surface area contributed by atoms with Crippen LogP contribution in [-0.4, -0.2) is 48.6 Å². The zero-order chi connectivity index (χ0) is 16.5. The third-order valence-corrected chi connectivity index (χ3v) is 6.05. The minimum absolute atomic E-state index is 0.302. The highest BCUT2D eigenvalue weighted by Gasteiger charge is 2.31. The van der Waals surface area contributed by atoms with Crippen LogP contribution < -0.4 is 9.64 Å². The zero-order valence-electron chi connectivity index (χ0n) is 14.0. The molecule has 0 radical (unpaired) electrons. The molecule has 1 saturated heterocycles. The van der Waals surface area contributed by atoms with Crippen molar-refractivity contribution in [2.75, 3.05) is 37.7 Å². The van der Waals surface area contributed by atoms with Gasteiger partial charge in [0, 0.05) is 32.1 Å². The Kier molecular flexibility index (Phi) is 4.31. The van der Waals surface area contributed by atoms with Crippen molar-refractivity contribution in [3.8, 4) is 5.75 Å². The Hall–Kier alpha value is -1.82. The molecule has 2 heterocycles. The second-order valence-electron chi connectivity index (χ2n) is 6.50. The van der Waals surface area contributed by atoms with Crippen LogP contribution in [0.3, 0.4) is 0 Å². The van der Waals surface area contributed by atoms with Crippen LogP contribution in [0.5, 0.6) is 5.75 Å². The number of hydrogen-bond acceptors (Lipinski definition) is 5. The minimum Gasteiger partial charge on any atom is -0.494 e. The molecule has 1 aromatic carbocycles. The Morgan fingerprint density at radius 2 is 2.08 bits per heavy atom. The number of thiazole rings is 1. The van der Waals surface area contributed by atoms with Crippen LogP contribution in [-0.2, 0) is 4.79 Å². The molecule has 0 N–H and O–H groups in total. The number of aromatic nitrogens is 1. The van der Waals surface area contributed by atoms with Crippen molar-refractivity contribution in [3.63, 3.8) is 0 Å². The molecule has 1 aliphatic heterocycles. The lowest BCUT2D eigenvalue weighted by Crippen LogP contribution is -2.51. The van der Waals surface area contributed by atoms with Gasteiger partial charge in [0.2, 0.25) is 5.91 Å². The van der Waals surface area contributed by atoms with Gasteiger partial charge >= 0.3 is 0 Å². The van der Waals surface area contributed by atoms with E-state index in [2.05, 4.69) is 11.0 Å². The van der Waals surface area contributed by atoms with Crippen LogP contribution >= 0.6 is 11.3 Å². The van der Waals surface area contributed by atoms with Crippen LogP contribution in [0.1, 0.15) is 26.2 Å². The van der Waals surface area contributed by atoms with Gasteiger partial charge in [-0.05, 0) is 38.0 Å². The molecule has 0 bridgehead atoms. The van der Waals surface area contributed by atoms with Crippen molar-refractivity contribution >= 4 is 32.6 Å². The summed E-state index contributed by atoms with van der Waals surface area (Å²) in [5.41, 5.74) is 1.02. The minimum atomic E-state index is 0.302. The molecule has 24 heavy (non-hydrogen) atoms. The van der Waals surface area contributed by atoms with Crippen molar-refractivity contribution in [2.45, 2.75) is 26.2 Å². The van der Waals surface area contributed by atoms with Gasteiger partial charge in [-0.1, -0.05) is 17.8 Å². The van der Waals surface area contributed by atoms with Gasteiger partial charge < -0.3 is 14.5 Å². The first-order valence-corrected chi connectivity index (χ1v) is 9.63. The highest BCUT2D eigenvalue weighted by molar-refractivity contribution is 7.22. The van der Waals surface area contributed by atoms with Crippen LogP contribution in [0.4, 0.5) is 5.13 Å². The van der Waals surface area contributed by atoms with Crippen LogP contribution in [0.15, 0.2) is 18.2 Å². The molecule has 5 nitrogen and oxygen atoms in total. The Morgan fingerprint density at radius 1 is 1.29 bits per heavy atom. The van der Waals surface area contributed by atoms with Gasteiger partial charge in [-0.25, -0.2) is 4.98 Å². The first-order valence-electron chi connectivity index (χ1n) is 8.81. The van der Waals surface area contributed by atoms with Crippen molar-refractivity contribution in [1.29, 1.82) is 0 Å². The maximum Gasteiger partial charge on any atom is 0.225 e. The number of ether oxygens (including phenoxy) is 1. The number of amides is 1. The summed E-state index contributed by atoms with van der Waals surface area (Å²) in [4.78, 5) is 21.4. The maximum atomic E-state index is 12.3. The van der Waals surface area contributed by atoms with Gasteiger partial charge in [0.15, 0.2) is 5.13 Å². The summed E-state index contributed by atoms with van der Waals surface area (Å²) < 4.78 is 6.73. The summed E-state index contributed by atoms with van der Waals surface area (Å²) in [5, 5.41) is 1.05. The zero-order valence-corrected chi connectivity index (χ0v) is 14.8. The molecule has 2 fully saturated rings. The van der Waals surface area contributed by atoms with Crippen molar-refractivity contribution in [2.24, 2.45) is 5.92 Å². The smallest absolute Gasteiger partial charge is 0.225 e. The summed E-state index contributed by atoms with van der Waals surface area (Å²) in [6.45, 7) is 6.04. The predicted octanol–water partition coefficient (Wildman–Crippen LogP) is 3.14. The molecular weight excluding hydrogens is 322 g/mol. The van der Waals surface area contributed by atoms with Crippen LogP contribution in [0.2, 0.25) is 0 Å². The number of rotatable bonds is 4. The van der Waals surface area contributed by atoms with E-state index >= 15 is 0 Å². The predicted molar refractivity (Wildman–Crippen MR) is 96.9 cm³/mol. The molecule has 6 heteroatoms. The number of hydrogen-bond donors (Lipinski definition) is 0. The number of carbonyl (C=O) groups is 1. The van der Waals surface area contributed by atoms with Gasteiger partial charge in [-0.3, -0.25) is 4.79 Å². The van der Waals surface area contributed by atoms with Gasteiger partial charge in [-0.2, -0.15) is 0 Å². The number of nitrogens with zero attached hydrogens (tertiary/aromatic N) is 3. The number of anilines is 1. The molecular formula is C18H23N3O2S. The fraction of sp³-hybridized carbons (Fsp3) is 0.556.